The van der Waals surface area contributed by atoms with Gasteiger partial charge in [0.05, 0.1) is 5.71 Å². The zero-order valence-electron chi connectivity index (χ0n) is 19.6. The molecule has 180 valence electrons. The van der Waals surface area contributed by atoms with Crippen LogP contribution in [0.4, 0.5) is 8.78 Å². The van der Waals surface area contributed by atoms with E-state index in [4.69, 9.17) is 14.4 Å². The molecular formula is C25H29F2N5O2. The normalized spacial score (nSPS) is 18.5. The molecular weight excluding hydrogens is 440 g/mol. The minimum atomic E-state index is -1.20. The summed E-state index contributed by atoms with van der Waals surface area (Å²) in [7, 11) is 0. The van der Waals surface area contributed by atoms with Crippen molar-refractivity contribution in [2.24, 2.45) is 10.1 Å². The molecule has 0 saturated heterocycles. The number of nitrogens with zero attached hydrogens (tertiary/aromatic N) is 5. The molecule has 1 saturated carbocycles. The Morgan fingerprint density at radius 1 is 1.29 bits per heavy atom. The number of hydrogen-bond donors (Lipinski definition) is 0. The van der Waals surface area contributed by atoms with Crippen LogP contribution in [0.15, 0.2) is 62.9 Å². The van der Waals surface area contributed by atoms with Gasteiger partial charge in [0, 0.05) is 24.4 Å². The average Bonchev–Trinajstić information content (AvgIpc) is 3.27. The van der Waals surface area contributed by atoms with Gasteiger partial charge in [0.1, 0.15) is 24.6 Å². The quantitative estimate of drug-likeness (QED) is 0.352. The lowest BCUT2D eigenvalue weighted by Crippen LogP contribution is -2.37. The van der Waals surface area contributed by atoms with Crippen molar-refractivity contribution in [3.8, 4) is 11.4 Å². The van der Waals surface area contributed by atoms with E-state index in [2.05, 4.69) is 21.7 Å². The molecule has 4 rings (SSSR count). The minimum Gasteiger partial charge on any atom is -0.478 e. The number of aliphatic imine (C=N–C) groups is 1. The number of hydrazone groups is 1. The van der Waals surface area contributed by atoms with Gasteiger partial charge in [-0.2, -0.15) is 10.1 Å². The summed E-state index contributed by atoms with van der Waals surface area (Å²) in [5.41, 5.74) is 2.17. The van der Waals surface area contributed by atoms with E-state index in [-0.39, 0.29) is 19.0 Å². The first-order valence-electron chi connectivity index (χ1n) is 11.5. The summed E-state index contributed by atoms with van der Waals surface area (Å²) in [6, 6.07) is 5.91. The van der Waals surface area contributed by atoms with E-state index in [0.29, 0.717) is 36.0 Å². The highest BCUT2D eigenvalue weighted by molar-refractivity contribution is 6.00. The molecule has 1 aliphatic carbocycles. The smallest absolute Gasteiger partial charge is 0.248 e. The van der Waals surface area contributed by atoms with Crippen molar-refractivity contribution >= 4 is 11.6 Å². The zero-order chi connectivity index (χ0) is 24.1. The number of benzene rings is 1. The van der Waals surface area contributed by atoms with E-state index in [1.165, 1.54) is 12.1 Å². The average molecular weight is 470 g/mol. The number of alkyl halides is 1. The lowest BCUT2D eigenvalue weighted by atomic mass is 9.83. The van der Waals surface area contributed by atoms with Gasteiger partial charge in [-0.3, -0.25) is 5.01 Å². The van der Waals surface area contributed by atoms with Crippen LogP contribution >= 0.6 is 0 Å². The highest BCUT2D eigenvalue weighted by Crippen LogP contribution is 2.35. The second kappa shape index (κ2) is 10.3. The number of halogens is 2. The molecule has 0 N–H and O–H groups in total. The summed E-state index contributed by atoms with van der Waals surface area (Å²) in [5.74, 6) is 0.880. The molecule has 9 heteroatoms. The fourth-order valence-corrected chi connectivity index (χ4v) is 3.71. The van der Waals surface area contributed by atoms with Crippen LogP contribution in [0.5, 0.6) is 0 Å². The first-order valence-corrected chi connectivity index (χ1v) is 11.5. The van der Waals surface area contributed by atoms with Crippen LogP contribution < -0.4 is 0 Å². The Kier molecular flexibility index (Phi) is 7.19. The van der Waals surface area contributed by atoms with Crippen LogP contribution in [0.25, 0.3) is 11.4 Å². The standard InChI is InChI=1S/C25H29F2N5O2/c1-4-19(14-28-18(3)33-16-25(27)12-5-13-25)22-11-6-17(2)32(30-22)15-23-29-24(31-34-23)20-7-9-21(26)10-8-20/h7-10,14H,2,4-6,11-13,15-16H2,1,3H3/b19-14+,28-18+. The highest BCUT2D eigenvalue weighted by atomic mass is 19.1. The Morgan fingerprint density at radius 2 is 2.06 bits per heavy atom. The molecule has 1 fully saturated rings. The molecule has 0 unspecified atom stereocenters. The molecule has 1 aromatic heterocycles. The van der Waals surface area contributed by atoms with Crippen molar-refractivity contribution in [1.82, 2.24) is 15.1 Å². The third kappa shape index (κ3) is 5.76. The van der Waals surface area contributed by atoms with Gasteiger partial charge in [0.2, 0.25) is 11.7 Å². The zero-order valence-corrected chi connectivity index (χ0v) is 19.6. The van der Waals surface area contributed by atoms with Crippen molar-refractivity contribution in [1.29, 1.82) is 0 Å². The van der Waals surface area contributed by atoms with Crippen molar-refractivity contribution in [2.45, 2.75) is 64.6 Å². The van der Waals surface area contributed by atoms with Gasteiger partial charge in [0.25, 0.3) is 0 Å². The Bertz CT molecular complexity index is 1120. The molecule has 0 spiro atoms. The molecule has 2 heterocycles. The maximum absolute atomic E-state index is 14.1. The van der Waals surface area contributed by atoms with Crippen LogP contribution in [0.2, 0.25) is 0 Å². The predicted molar refractivity (Wildman–Crippen MR) is 126 cm³/mol. The van der Waals surface area contributed by atoms with Crippen molar-refractivity contribution < 1.29 is 18.0 Å². The van der Waals surface area contributed by atoms with Gasteiger partial charge in [-0.15, -0.1) is 0 Å². The molecule has 1 aliphatic heterocycles. The van der Waals surface area contributed by atoms with Gasteiger partial charge in [-0.1, -0.05) is 18.7 Å². The van der Waals surface area contributed by atoms with E-state index in [1.54, 1.807) is 30.3 Å². The molecule has 0 amide bonds. The Morgan fingerprint density at radius 3 is 2.74 bits per heavy atom. The van der Waals surface area contributed by atoms with Crippen LogP contribution in [0.1, 0.15) is 58.3 Å². The molecule has 2 aromatic rings. The fraction of sp³-hybridized carbons (Fsp3) is 0.440. The van der Waals surface area contributed by atoms with Gasteiger partial charge < -0.3 is 9.26 Å². The van der Waals surface area contributed by atoms with E-state index < -0.39 is 5.67 Å². The van der Waals surface area contributed by atoms with Gasteiger partial charge >= 0.3 is 0 Å². The third-order valence-corrected chi connectivity index (χ3v) is 6.06. The van der Waals surface area contributed by atoms with Crippen LogP contribution in [0.3, 0.4) is 0 Å². The van der Waals surface area contributed by atoms with E-state index in [9.17, 15) is 8.78 Å². The van der Waals surface area contributed by atoms with E-state index >= 15 is 0 Å². The monoisotopic (exact) mass is 469 g/mol. The van der Waals surface area contributed by atoms with E-state index in [1.807, 2.05) is 6.92 Å². The number of ether oxygens (including phenoxy) is 1. The third-order valence-electron chi connectivity index (χ3n) is 6.06. The van der Waals surface area contributed by atoms with E-state index in [0.717, 1.165) is 42.7 Å². The Labute approximate surface area is 197 Å². The Balaban J connectivity index is 1.43. The number of rotatable bonds is 8. The lowest BCUT2D eigenvalue weighted by Gasteiger charge is -2.33. The minimum absolute atomic E-state index is 0.0519. The molecule has 2 aliphatic rings. The fourth-order valence-electron chi connectivity index (χ4n) is 3.71. The maximum atomic E-state index is 14.1. The summed E-state index contributed by atoms with van der Waals surface area (Å²) < 4.78 is 38.2. The SMILES string of the molecule is C=C1CCC(/C(=C/N=C(\C)OCC2(F)CCC2)CC)=NN1Cc1nc(-c2ccc(F)cc2)no1. The number of allylic oxidation sites excluding steroid dienone is 2. The van der Waals surface area contributed by atoms with Crippen molar-refractivity contribution in [3.63, 3.8) is 0 Å². The largest absolute Gasteiger partial charge is 0.478 e. The molecule has 0 atom stereocenters. The molecule has 34 heavy (non-hydrogen) atoms. The maximum Gasteiger partial charge on any atom is 0.248 e. The molecule has 7 nitrogen and oxygen atoms in total. The lowest BCUT2D eigenvalue weighted by molar-refractivity contribution is 0.00758. The van der Waals surface area contributed by atoms with Crippen molar-refractivity contribution in [2.75, 3.05) is 6.61 Å². The van der Waals surface area contributed by atoms with Crippen molar-refractivity contribution in [3.05, 3.63) is 60.0 Å². The second-order valence-electron chi connectivity index (χ2n) is 8.64. The predicted octanol–water partition coefficient (Wildman–Crippen LogP) is 5.96. The summed E-state index contributed by atoms with van der Waals surface area (Å²) in [5, 5.41) is 10.5. The van der Waals surface area contributed by atoms with Crippen LogP contribution in [-0.4, -0.2) is 39.0 Å². The molecule has 0 bridgehead atoms. The second-order valence-corrected chi connectivity index (χ2v) is 8.64. The molecule has 0 radical (unpaired) electrons. The van der Waals surface area contributed by atoms with Crippen LogP contribution in [-0.2, 0) is 11.3 Å². The van der Waals surface area contributed by atoms with Gasteiger partial charge in [-0.05, 0) is 68.4 Å². The Hall–Kier alpha value is -3.36. The summed E-state index contributed by atoms with van der Waals surface area (Å²) in [6.07, 6.45) is 5.97. The van der Waals surface area contributed by atoms with Crippen LogP contribution in [0, 0.1) is 5.82 Å². The molecule has 1 aromatic carbocycles. The topological polar surface area (TPSA) is 76.1 Å². The summed E-state index contributed by atoms with van der Waals surface area (Å²) >= 11 is 0. The summed E-state index contributed by atoms with van der Waals surface area (Å²) in [4.78, 5) is 8.78. The number of aromatic nitrogens is 2. The number of hydrogen-bond acceptors (Lipinski definition) is 7. The summed E-state index contributed by atoms with van der Waals surface area (Å²) in [6.45, 7) is 8.20. The highest BCUT2D eigenvalue weighted by Gasteiger charge is 2.37. The first kappa shape index (κ1) is 23.8. The van der Waals surface area contributed by atoms with Gasteiger partial charge in [0.15, 0.2) is 5.90 Å². The first-order chi connectivity index (χ1) is 16.3. The van der Waals surface area contributed by atoms with Gasteiger partial charge in [-0.25, -0.2) is 13.8 Å².